The topological polar surface area (TPSA) is 39.6 Å². The van der Waals surface area contributed by atoms with Gasteiger partial charge in [0.2, 0.25) is 0 Å². The summed E-state index contributed by atoms with van der Waals surface area (Å²) in [5.74, 6) is 0.833. The van der Waals surface area contributed by atoms with E-state index in [1.54, 1.807) is 12.3 Å². The third-order valence-corrected chi connectivity index (χ3v) is 3.36. The number of aliphatic hydroxyl groups excluding tert-OH is 1. The van der Waals surface area contributed by atoms with Crippen molar-refractivity contribution in [2.24, 2.45) is 0 Å². The van der Waals surface area contributed by atoms with Gasteiger partial charge in [0.25, 0.3) is 0 Å². The second-order valence-electron chi connectivity index (χ2n) is 4.45. The van der Waals surface area contributed by atoms with Crippen LogP contribution in [0.4, 0.5) is 5.82 Å². The van der Waals surface area contributed by atoms with E-state index in [9.17, 15) is 0 Å². The van der Waals surface area contributed by atoms with Gasteiger partial charge in [0.1, 0.15) is 5.82 Å². The van der Waals surface area contributed by atoms with Gasteiger partial charge in [0.15, 0.2) is 0 Å². The second-order valence-corrected chi connectivity index (χ2v) is 4.86. The second kappa shape index (κ2) is 5.67. The third kappa shape index (κ3) is 3.09. The Morgan fingerprint density at radius 3 is 2.88 bits per heavy atom. The monoisotopic (exact) mass is 255 g/mol. The number of likely N-dealkylation sites (N-methyl/N-ethyl adjacent to an activating group) is 1. The molecular formula is C12H18ClN3O. The molecule has 1 saturated heterocycles. The predicted molar refractivity (Wildman–Crippen MR) is 69.5 cm³/mol. The summed E-state index contributed by atoms with van der Waals surface area (Å²) >= 11 is 6.20. The largest absolute Gasteiger partial charge is 0.392 e. The van der Waals surface area contributed by atoms with E-state index in [1.807, 2.05) is 0 Å². The molecule has 0 bridgehead atoms. The van der Waals surface area contributed by atoms with Crippen LogP contribution in [0.2, 0.25) is 5.02 Å². The zero-order chi connectivity index (χ0) is 12.3. The minimum absolute atomic E-state index is 0.0181. The van der Waals surface area contributed by atoms with Gasteiger partial charge >= 0.3 is 0 Å². The molecule has 0 spiro atoms. The molecule has 0 amide bonds. The molecule has 1 aromatic heterocycles. The van der Waals surface area contributed by atoms with Crippen LogP contribution in [0.3, 0.4) is 0 Å². The van der Waals surface area contributed by atoms with Gasteiger partial charge in [-0.25, -0.2) is 4.98 Å². The quantitative estimate of drug-likeness (QED) is 0.867. The van der Waals surface area contributed by atoms with E-state index >= 15 is 0 Å². The Hall–Kier alpha value is -0.840. The molecule has 2 rings (SSSR count). The number of aliphatic hydroxyl groups is 1. The molecule has 1 fully saturated rings. The molecule has 1 N–H and O–H groups in total. The molecule has 0 saturated carbocycles. The number of hydrogen-bond donors (Lipinski definition) is 1. The molecule has 0 aromatic carbocycles. The van der Waals surface area contributed by atoms with E-state index in [1.165, 1.54) is 0 Å². The van der Waals surface area contributed by atoms with Crippen molar-refractivity contribution in [3.63, 3.8) is 0 Å². The maximum atomic E-state index is 9.02. The van der Waals surface area contributed by atoms with Gasteiger partial charge in [-0.05, 0) is 31.6 Å². The zero-order valence-corrected chi connectivity index (χ0v) is 10.8. The van der Waals surface area contributed by atoms with Crippen molar-refractivity contribution in [3.8, 4) is 0 Å². The van der Waals surface area contributed by atoms with Gasteiger partial charge in [0, 0.05) is 25.8 Å². The molecule has 0 unspecified atom stereocenters. The lowest BCUT2D eigenvalue weighted by molar-refractivity contribution is 0.281. The van der Waals surface area contributed by atoms with Crippen molar-refractivity contribution in [2.45, 2.75) is 13.0 Å². The van der Waals surface area contributed by atoms with Crippen LogP contribution >= 0.6 is 11.6 Å². The number of aromatic nitrogens is 1. The Labute approximate surface area is 107 Å². The van der Waals surface area contributed by atoms with E-state index < -0.39 is 0 Å². The van der Waals surface area contributed by atoms with Gasteiger partial charge < -0.3 is 14.9 Å². The average Bonchev–Trinajstić information content (AvgIpc) is 2.54. The summed E-state index contributed by atoms with van der Waals surface area (Å²) in [6.45, 7) is 4.05. The standard InChI is InChI=1S/C12H18ClN3O/c1-15-3-2-4-16(6-5-15)12-11(13)7-10(9-17)8-14-12/h7-8,17H,2-6,9H2,1H3. The molecule has 0 radical (unpaired) electrons. The van der Waals surface area contributed by atoms with E-state index in [4.69, 9.17) is 16.7 Å². The van der Waals surface area contributed by atoms with E-state index in [-0.39, 0.29) is 6.61 Å². The number of anilines is 1. The van der Waals surface area contributed by atoms with Crippen molar-refractivity contribution in [2.75, 3.05) is 38.1 Å². The summed E-state index contributed by atoms with van der Waals surface area (Å²) in [5, 5.41) is 9.65. The Bertz CT molecular complexity index is 386. The molecule has 0 aliphatic carbocycles. The minimum Gasteiger partial charge on any atom is -0.392 e. The SMILES string of the molecule is CN1CCCN(c2ncc(CO)cc2Cl)CC1. The van der Waals surface area contributed by atoms with Crippen LogP contribution in [-0.2, 0) is 6.61 Å². The molecule has 94 valence electrons. The molecule has 17 heavy (non-hydrogen) atoms. The zero-order valence-electron chi connectivity index (χ0n) is 10.1. The Morgan fingerprint density at radius 1 is 1.35 bits per heavy atom. The summed E-state index contributed by atoms with van der Waals surface area (Å²) in [5.41, 5.74) is 0.755. The normalized spacial score (nSPS) is 18.2. The van der Waals surface area contributed by atoms with Crippen molar-refractivity contribution >= 4 is 17.4 Å². The summed E-state index contributed by atoms with van der Waals surface area (Å²) in [6, 6.07) is 1.79. The van der Waals surface area contributed by atoms with Gasteiger partial charge in [-0.1, -0.05) is 11.6 Å². The summed E-state index contributed by atoms with van der Waals surface area (Å²) in [6.07, 6.45) is 2.81. The third-order valence-electron chi connectivity index (χ3n) is 3.08. The van der Waals surface area contributed by atoms with Gasteiger partial charge in [0.05, 0.1) is 11.6 Å². The fourth-order valence-electron chi connectivity index (χ4n) is 2.05. The van der Waals surface area contributed by atoms with Crippen LogP contribution < -0.4 is 4.90 Å². The first kappa shape index (κ1) is 12.6. The number of pyridine rings is 1. The molecule has 1 aliphatic heterocycles. The highest BCUT2D eigenvalue weighted by Gasteiger charge is 2.16. The number of rotatable bonds is 2. The molecule has 5 heteroatoms. The smallest absolute Gasteiger partial charge is 0.147 e. The van der Waals surface area contributed by atoms with Crippen LogP contribution in [0.5, 0.6) is 0 Å². The number of halogens is 1. The Kier molecular flexibility index (Phi) is 4.20. The van der Waals surface area contributed by atoms with Crippen LogP contribution in [0.25, 0.3) is 0 Å². The van der Waals surface area contributed by atoms with Crippen LogP contribution in [0.15, 0.2) is 12.3 Å². The predicted octanol–water partition coefficient (Wildman–Crippen LogP) is 1.37. The van der Waals surface area contributed by atoms with Crippen molar-refractivity contribution < 1.29 is 5.11 Å². The first-order chi connectivity index (χ1) is 8.20. The van der Waals surface area contributed by atoms with Gasteiger partial charge in [-0.3, -0.25) is 0 Å². The lowest BCUT2D eigenvalue weighted by Crippen LogP contribution is -2.29. The highest BCUT2D eigenvalue weighted by Crippen LogP contribution is 2.24. The first-order valence-electron chi connectivity index (χ1n) is 5.89. The van der Waals surface area contributed by atoms with Gasteiger partial charge in [-0.2, -0.15) is 0 Å². The summed E-state index contributed by atoms with van der Waals surface area (Å²) < 4.78 is 0. The van der Waals surface area contributed by atoms with E-state index in [0.717, 1.165) is 44.0 Å². The van der Waals surface area contributed by atoms with Crippen LogP contribution in [-0.4, -0.2) is 48.2 Å². The average molecular weight is 256 g/mol. The molecule has 2 heterocycles. The molecule has 0 atom stereocenters. The van der Waals surface area contributed by atoms with Crippen LogP contribution in [0.1, 0.15) is 12.0 Å². The minimum atomic E-state index is -0.0181. The van der Waals surface area contributed by atoms with Crippen molar-refractivity contribution in [1.82, 2.24) is 9.88 Å². The van der Waals surface area contributed by atoms with Crippen LogP contribution in [0, 0.1) is 0 Å². The fraction of sp³-hybridized carbons (Fsp3) is 0.583. The first-order valence-corrected chi connectivity index (χ1v) is 6.27. The summed E-state index contributed by atoms with van der Waals surface area (Å²) in [4.78, 5) is 8.89. The number of hydrogen-bond acceptors (Lipinski definition) is 4. The van der Waals surface area contributed by atoms with Gasteiger partial charge in [-0.15, -0.1) is 0 Å². The molecule has 1 aliphatic rings. The Morgan fingerprint density at radius 2 is 2.18 bits per heavy atom. The van der Waals surface area contributed by atoms with Crippen molar-refractivity contribution in [1.29, 1.82) is 0 Å². The summed E-state index contributed by atoms with van der Waals surface area (Å²) in [7, 11) is 2.13. The maximum absolute atomic E-state index is 9.02. The van der Waals surface area contributed by atoms with E-state index in [2.05, 4.69) is 21.8 Å². The Balaban J connectivity index is 2.15. The lowest BCUT2D eigenvalue weighted by Gasteiger charge is -2.22. The fourth-order valence-corrected chi connectivity index (χ4v) is 2.36. The maximum Gasteiger partial charge on any atom is 0.147 e. The lowest BCUT2D eigenvalue weighted by atomic mass is 10.3. The molecule has 4 nitrogen and oxygen atoms in total. The van der Waals surface area contributed by atoms with E-state index in [0.29, 0.717) is 5.02 Å². The molecule has 1 aromatic rings. The molecular weight excluding hydrogens is 238 g/mol. The number of nitrogens with zero attached hydrogens (tertiary/aromatic N) is 3. The highest BCUT2D eigenvalue weighted by atomic mass is 35.5. The van der Waals surface area contributed by atoms with Crippen molar-refractivity contribution in [3.05, 3.63) is 22.8 Å². The highest BCUT2D eigenvalue weighted by molar-refractivity contribution is 6.33.